The minimum absolute atomic E-state index is 0.0372. The number of nitrogens with one attached hydrogen (secondary N) is 2. The quantitative estimate of drug-likeness (QED) is 0.238. The monoisotopic (exact) mass is 649 g/mol. The molecule has 4 N–H and O–H groups in total. The lowest BCUT2D eigenvalue weighted by Crippen LogP contribution is -2.61. The van der Waals surface area contributed by atoms with E-state index < -0.39 is 12.3 Å². The van der Waals surface area contributed by atoms with Crippen LogP contribution in [0.1, 0.15) is 114 Å². The zero-order valence-corrected chi connectivity index (χ0v) is 28.0. The van der Waals surface area contributed by atoms with E-state index in [4.69, 9.17) is 14.6 Å². The van der Waals surface area contributed by atoms with Crippen molar-refractivity contribution in [2.75, 3.05) is 11.9 Å². The molecule has 0 spiro atoms. The Kier molecular flexibility index (Phi) is 11.7. The number of benzene rings is 2. The summed E-state index contributed by atoms with van der Waals surface area (Å²) >= 11 is 0. The van der Waals surface area contributed by atoms with Crippen LogP contribution >= 0.6 is 0 Å². The molecule has 2 amide bonds. The Morgan fingerprint density at radius 3 is 2.43 bits per heavy atom. The lowest BCUT2D eigenvalue weighted by Gasteiger charge is -2.50. The van der Waals surface area contributed by atoms with Crippen LogP contribution in [-0.2, 0) is 30.5 Å². The van der Waals surface area contributed by atoms with Gasteiger partial charge in [-0.05, 0) is 82.1 Å². The number of carbonyl (C=O) groups excluding carboxylic acids is 2. The topological polar surface area (TPSA) is 137 Å². The maximum Gasteiger partial charge on any atom is 0.303 e. The third kappa shape index (κ3) is 9.63. The molecule has 10 nitrogen and oxygen atoms in total. The second-order valence-electron chi connectivity index (χ2n) is 14.4. The van der Waals surface area contributed by atoms with E-state index in [0.29, 0.717) is 30.6 Å². The summed E-state index contributed by atoms with van der Waals surface area (Å²) in [4.78, 5) is 39.5. The van der Waals surface area contributed by atoms with Crippen LogP contribution in [0.3, 0.4) is 0 Å². The number of piperidine rings is 1. The summed E-state index contributed by atoms with van der Waals surface area (Å²) < 4.78 is 13.3. The number of ether oxygens (including phenoxy) is 2. The van der Waals surface area contributed by atoms with Crippen LogP contribution in [0.25, 0.3) is 0 Å². The highest BCUT2D eigenvalue weighted by atomic mass is 16.7. The number of carboxylic acids is 1. The van der Waals surface area contributed by atoms with Gasteiger partial charge in [-0.3, -0.25) is 19.3 Å². The highest BCUT2D eigenvalue weighted by Crippen LogP contribution is 2.42. The number of hydrogen-bond acceptors (Lipinski definition) is 7. The van der Waals surface area contributed by atoms with E-state index in [-0.39, 0.29) is 61.5 Å². The lowest BCUT2D eigenvalue weighted by atomic mass is 9.75. The zero-order chi connectivity index (χ0) is 33.6. The molecule has 1 aliphatic carbocycles. The van der Waals surface area contributed by atoms with Gasteiger partial charge in [0.2, 0.25) is 11.8 Å². The third-order valence-electron chi connectivity index (χ3n) is 9.57. The number of anilines is 1. The molecule has 6 atom stereocenters. The Balaban J connectivity index is 1.39. The van der Waals surface area contributed by atoms with Crippen molar-refractivity contribution in [3.05, 3.63) is 65.2 Å². The number of amides is 2. The lowest BCUT2D eigenvalue weighted by molar-refractivity contribution is -0.255. The summed E-state index contributed by atoms with van der Waals surface area (Å²) in [5.74, 6) is -0.518. The van der Waals surface area contributed by atoms with E-state index >= 15 is 0 Å². The molecule has 0 unspecified atom stereocenters. The smallest absolute Gasteiger partial charge is 0.303 e. The number of likely N-dealkylation sites (tertiary alicyclic amines) is 1. The molecule has 2 aromatic rings. The standard InChI is InChI=1S/C37H51N3O7/c1-37(2,3)39-35(45)31-19-18-25-8-4-5-11-30(25)40(31)22-29-21-32(26-16-14-24(23-41)15-17-26)47-36(46-29)27-9-6-10-28(20-27)38-33(42)12-7-13-34(43)44/h6,9-10,14-17,20,25,29-32,36,41H,4-5,7-8,11-13,18-19,21-23H2,1-3H3,(H,38,42)(H,39,45)(H,43,44)/t25-,29+,30-,31-,32-,36-/m1/s1. The van der Waals surface area contributed by atoms with Crippen LogP contribution in [0.4, 0.5) is 5.69 Å². The second-order valence-corrected chi connectivity index (χ2v) is 14.4. The number of rotatable bonds is 11. The molecule has 0 radical (unpaired) electrons. The second kappa shape index (κ2) is 15.7. The molecule has 10 heteroatoms. The molecule has 5 rings (SSSR count). The van der Waals surface area contributed by atoms with Crippen LogP contribution in [0, 0.1) is 5.92 Å². The van der Waals surface area contributed by atoms with Gasteiger partial charge in [0.1, 0.15) is 0 Å². The van der Waals surface area contributed by atoms with Crippen LogP contribution in [0.5, 0.6) is 0 Å². The van der Waals surface area contributed by atoms with Gasteiger partial charge < -0.3 is 30.3 Å². The molecule has 47 heavy (non-hydrogen) atoms. The first-order valence-corrected chi connectivity index (χ1v) is 17.2. The Morgan fingerprint density at radius 2 is 1.70 bits per heavy atom. The van der Waals surface area contributed by atoms with Crippen molar-refractivity contribution in [3.8, 4) is 0 Å². The molecular weight excluding hydrogens is 598 g/mol. The number of fused-ring (bicyclic) bond motifs is 1. The Bertz CT molecular complexity index is 1370. The fraction of sp³-hybridized carbons (Fsp3) is 0.595. The van der Waals surface area contributed by atoms with Crippen molar-refractivity contribution in [2.45, 2.75) is 128 Å². The largest absolute Gasteiger partial charge is 0.481 e. The van der Waals surface area contributed by atoms with Crippen molar-refractivity contribution in [2.24, 2.45) is 5.92 Å². The Morgan fingerprint density at radius 1 is 0.936 bits per heavy atom. The maximum atomic E-state index is 13.7. The Labute approximate surface area is 278 Å². The number of aliphatic hydroxyl groups is 1. The van der Waals surface area contributed by atoms with Crippen LogP contribution in [0.15, 0.2) is 48.5 Å². The molecule has 2 saturated heterocycles. The normalized spacial score (nSPS) is 26.6. The van der Waals surface area contributed by atoms with E-state index in [1.54, 1.807) is 6.07 Å². The number of aliphatic hydroxyl groups excluding tert-OH is 1. The summed E-state index contributed by atoms with van der Waals surface area (Å²) in [5.41, 5.74) is 2.83. The van der Waals surface area contributed by atoms with Gasteiger partial charge in [-0.25, -0.2) is 0 Å². The van der Waals surface area contributed by atoms with Gasteiger partial charge in [-0.2, -0.15) is 0 Å². The third-order valence-corrected chi connectivity index (χ3v) is 9.57. The van der Waals surface area contributed by atoms with Gasteiger partial charge in [0.25, 0.3) is 0 Å². The van der Waals surface area contributed by atoms with E-state index in [2.05, 4.69) is 15.5 Å². The summed E-state index contributed by atoms with van der Waals surface area (Å²) in [6.45, 7) is 6.63. The van der Waals surface area contributed by atoms with Crippen LogP contribution < -0.4 is 10.6 Å². The van der Waals surface area contributed by atoms with Crippen LogP contribution in [0.2, 0.25) is 0 Å². The minimum atomic E-state index is -0.925. The van der Waals surface area contributed by atoms with Crippen LogP contribution in [-0.4, -0.2) is 63.2 Å². The number of aliphatic carboxylic acids is 1. The zero-order valence-electron chi connectivity index (χ0n) is 28.0. The van der Waals surface area contributed by atoms with E-state index in [9.17, 15) is 19.5 Å². The fourth-order valence-electron chi connectivity index (χ4n) is 7.38. The molecule has 1 saturated carbocycles. The molecule has 256 valence electrons. The minimum Gasteiger partial charge on any atom is -0.481 e. The van der Waals surface area contributed by atoms with E-state index in [1.807, 2.05) is 63.2 Å². The number of carboxylic acid groups (broad SMARTS) is 1. The van der Waals surface area contributed by atoms with Crippen molar-refractivity contribution >= 4 is 23.5 Å². The van der Waals surface area contributed by atoms with Gasteiger partial charge in [0.15, 0.2) is 6.29 Å². The SMILES string of the molecule is CC(C)(C)NC(=O)[C@H]1CC[C@H]2CCCC[C@H]2N1C[C@@H]1C[C@H](c2ccc(CO)cc2)O[C@H](c2cccc(NC(=O)CCCC(=O)O)c2)O1. The summed E-state index contributed by atoms with van der Waals surface area (Å²) in [7, 11) is 0. The first kappa shape index (κ1) is 35.0. The fourth-order valence-corrected chi connectivity index (χ4v) is 7.38. The molecule has 2 aliphatic heterocycles. The average Bonchev–Trinajstić information content (AvgIpc) is 3.04. The highest BCUT2D eigenvalue weighted by molar-refractivity contribution is 5.91. The van der Waals surface area contributed by atoms with Gasteiger partial charge in [0.05, 0.1) is 24.9 Å². The summed E-state index contributed by atoms with van der Waals surface area (Å²) in [6, 6.07) is 15.3. The molecule has 3 aliphatic rings. The Hall–Kier alpha value is -3.31. The number of hydrogen-bond donors (Lipinski definition) is 4. The molecule has 0 bridgehead atoms. The molecule has 0 aromatic heterocycles. The van der Waals surface area contributed by atoms with Gasteiger partial charge in [-0.1, -0.05) is 49.2 Å². The van der Waals surface area contributed by atoms with Gasteiger partial charge in [-0.15, -0.1) is 0 Å². The van der Waals surface area contributed by atoms with Crippen molar-refractivity contribution in [3.63, 3.8) is 0 Å². The number of nitrogens with zero attached hydrogens (tertiary/aromatic N) is 1. The molecule has 2 aromatic carbocycles. The first-order chi connectivity index (χ1) is 22.5. The molecule has 2 heterocycles. The first-order valence-electron chi connectivity index (χ1n) is 17.2. The summed E-state index contributed by atoms with van der Waals surface area (Å²) in [6.07, 6.45) is 6.28. The van der Waals surface area contributed by atoms with E-state index in [1.165, 1.54) is 12.8 Å². The van der Waals surface area contributed by atoms with Gasteiger partial charge in [0, 0.05) is 48.6 Å². The van der Waals surface area contributed by atoms with Gasteiger partial charge >= 0.3 is 5.97 Å². The average molecular weight is 650 g/mol. The predicted octanol–water partition coefficient (Wildman–Crippen LogP) is 5.86. The summed E-state index contributed by atoms with van der Waals surface area (Å²) in [5, 5.41) is 24.6. The van der Waals surface area contributed by atoms with Crippen molar-refractivity contribution in [1.82, 2.24) is 10.2 Å². The van der Waals surface area contributed by atoms with Crippen molar-refractivity contribution in [1.29, 1.82) is 0 Å². The number of carbonyl (C=O) groups is 3. The molecular formula is C37H51N3O7. The predicted molar refractivity (Wildman–Crippen MR) is 178 cm³/mol. The van der Waals surface area contributed by atoms with E-state index in [0.717, 1.165) is 42.4 Å². The molecule has 3 fully saturated rings. The maximum absolute atomic E-state index is 13.7. The van der Waals surface area contributed by atoms with Crippen molar-refractivity contribution < 1.29 is 34.1 Å². The highest BCUT2D eigenvalue weighted by Gasteiger charge is 2.44.